The molecule has 0 radical (unpaired) electrons. The molecule has 5 nitrogen and oxygen atoms in total. The van der Waals surface area contributed by atoms with Crippen LogP contribution < -0.4 is 15.6 Å². The van der Waals surface area contributed by atoms with E-state index in [0.29, 0.717) is 10.8 Å². The fourth-order valence-corrected chi connectivity index (χ4v) is 1.76. The van der Waals surface area contributed by atoms with Crippen LogP contribution in [0.2, 0.25) is 5.02 Å². The number of aryl methyl sites for hydroxylation is 1. The van der Waals surface area contributed by atoms with Gasteiger partial charge in [-0.1, -0.05) is 11.6 Å². The number of carbonyl (C=O) groups excluding carboxylic acids is 2. The molecule has 102 valence electrons. The quantitative estimate of drug-likeness (QED) is 0.824. The van der Waals surface area contributed by atoms with E-state index in [1.165, 1.54) is 0 Å². The van der Waals surface area contributed by atoms with Crippen molar-refractivity contribution in [1.82, 2.24) is 10.9 Å². The molecular formula is C13H15ClN2O3. The summed E-state index contributed by atoms with van der Waals surface area (Å²) in [6.45, 7) is 1.68. The third-order valence-electron chi connectivity index (χ3n) is 2.77. The second-order valence-corrected chi connectivity index (χ2v) is 4.95. The van der Waals surface area contributed by atoms with E-state index < -0.39 is 5.91 Å². The highest BCUT2D eigenvalue weighted by Gasteiger charge is 2.29. The average molecular weight is 283 g/mol. The number of carbonyl (C=O) groups is 2. The van der Waals surface area contributed by atoms with Crippen molar-refractivity contribution < 1.29 is 14.3 Å². The molecule has 1 aromatic rings. The first-order chi connectivity index (χ1) is 9.06. The van der Waals surface area contributed by atoms with E-state index in [0.717, 1.165) is 18.4 Å². The van der Waals surface area contributed by atoms with Crippen molar-refractivity contribution >= 4 is 23.4 Å². The average Bonchev–Trinajstić information content (AvgIpc) is 3.19. The molecule has 0 bridgehead atoms. The standard InChI is InChI=1S/C13H15ClN2O3/c1-8-6-10(14)4-5-11(8)19-7-12(17)15-16-13(18)9-2-3-9/h4-6,9H,2-3,7H2,1H3,(H,15,17)(H,16,18). The number of hydrogen-bond donors (Lipinski definition) is 2. The molecular weight excluding hydrogens is 268 g/mol. The number of rotatable bonds is 4. The lowest BCUT2D eigenvalue weighted by Crippen LogP contribution is -2.44. The van der Waals surface area contributed by atoms with Crippen LogP contribution in [-0.4, -0.2) is 18.4 Å². The van der Waals surface area contributed by atoms with Gasteiger partial charge in [0.25, 0.3) is 5.91 Å². The van der Waals surface area contributed by atoms with E-state index in [-0.39, 0.29) is 18.4 Å². The molecule has 0 spiro atoms. The zero-order valence-electron chi connectivity index (χ0n) is 10.5. The smallest absolute Gasteiger partial charge is 0.276 e. The van der Waals surface area contributed by atoms with Crippen molar-refractivity contribution in [1.29, 1.82) is 0 Å². The van der Waals surface area contributed by atoms with Gasteiger partial charge in [0.2, 0.25) is 5.91 Å². The van der Waals surface area contributed by atoms with Crippen LogP contribution in [0.3, 0.4) is 0 Å². The summed E-state index contributed by atoms with van der Waals surface area (Å²) < 4.78 is 5.34. The Hall–Kier alpha value is -1.75. The molecule has 2 amide bonds. The molecule has 0 atom stereocenters. The summed E-state index contributed by atoms with van der Waals surface area (Å²) in [6, 6.07) is 5.15. The van der Waals surface area contributed by atoms with Crippen LogP contribution in [0, 0.1) is 12.8 Å². The van der Waals surface area contributed by atoms with Crippen molar-refractivity contribution in [3.8, 4) is 5.75 Å². The van der Waals surface area contributed by atoms with Crippen LogP contribution >= 0.6 is 11.6 Å². The lowest BCUT2D eigenvalue weighted by atomic mass is 10.2. The molecule has 2 rings (SSSR count). The molecule has 1 aliphatic carbocycles. The monoisotopic (exact) mass is 282 g/mol. The Balaban J connectivity index is 1.74. The van der Waals surface area contributed by atoms with Crippen LogP contribution in [0.25, 0.3) is 0 Å². The molecule has 0 aliphatic heterocycles. The molecule has 0 unspecified atom stereocenters. The number of benzene rings is 1. The van der Waals surface area contributed by atoms with E-state index in [9.17, 15) is 9.59 Å². The Bertz CT molecular complexity index is 501. The third kappa shape index (κ3) is 4.13. The zero-order valence-corrected chi connectivity index (χ0v) is 11.3. The largest absolute Gasteiger partial charge is 0.483 e. The minimum absolute atomic E-state index is 0.0553. The van der Waals surface area contributed by atoms with Crippen LogP contribution in [0.15, 0.2) is 18.2 Å². The van der Waals surface area contributed by atoms with Crippen molar-refractivity contribution in [2.45, 2.75) is 19.8 Å². The maximum atomic E-state index is 11.5. The van der Waals surface area contributed by atoms with Gasteiger partial charge in [-0.05, 0) is 43.5 Å². The lowest BCUT2D eigenvalue weighted by molar-refractivity contribution is -0.130. The summed E-state index contributed by atoms with van der Waals surface area (Å²) >= 11 is 5.82. The summed E-state index contributed by atoms with van der Waals surface area (Å²) in [5.74, 6) is 0.104. The Morgan fingerprint density at radius 3 is 2.74 bits per heavy atom. The van der Waals surface area contributed by atoms with E-state index in [2.05, 4.69) is 10.9 Å². The normalized spacial score (nSPS) is 13.8. The summed E-state index contributed by atoms with van der Waals surface area (Å²) in [5.41, 5.74) is 5.53. The number of ether oxygens (including phenoxy) is 1. The summed E-state index contributed by atoms with van der Waals surface area (Å²) in [4.78, 5) is 22.8. The van der Waals surface area contributed by atoms with E-state index >= 15 is 0 Å². The van der Waals surface area contributed by atoms with E-state index in [4.69, 9.17) is 16.3 Å². The van der Waals surface area contributed by atoms with Gasteiger partial charge in [0.05, 0.1) is 0 Å². The fourth-order valence-electron chi connectivity index (χ4n) is 1.53. The van der Waals surface area contributed by atoms with Gasteiger partial charge in [0, 0.05) is 10.9 Å². The van der Waals surface area contributed by atoms with Crippen LogP contribution in [0.1, 0.15) is 18.4 Å². The van der Waals surface area contributed by atoms with Crippen LogP contribution in [0.5, 0.6) is 5.75 Å². The van der Waals surface area contributed by atoms with Gasteiger partial charge >= 0.3 is 0 Å². The molecule has 19 heavy (non-hydrogen) atoms. The first kappa shape index (κ1) is 13.7. The van der Waals surface area contributed by atoms with Crippen molar-refractivity contribution in [2.75, 3.05) is 6.61 Å². The van der Waals surface area contributed by atoms with E-state index in [1.807, 2.05) is 6.92 Å². The minimum Gasteiger partial charge on any atom is -0.483 e. The predicted molar refractivity (Wildman–Crippen MR) is 70.7 cm³/mol. The van der Waals surface area contributed by atoms with Gasteiger partial charge in [-0.15, -0.1) is 0 Å². The Morgan fingerprint density at radius 1 is 1.37 bits per heavy atom. The molecule has 2 N–H and O–H groups in total. The number of nitrogens with one attached hydrogen (secondary N) is 2. The minimum atomic E-state index is -0.400. The van der Waals surface area contributed by atoms with Crippen molar-refractivity contribution in [3.05, 3.63) is 28.8 Å². The Kier molecular flexibility index (Phi) is 4.27. The number of amides is 2. The number of hydrogen-bond acceptors (Lipinski definition) is 3. The molecule has 0 heterocycles. The van der Waals surface area contributed by atoms with Gasteiger partial charge in [-0.3, -0.25) is 20.4 Å². The van der Waals surface area contributed by atoms with E-state index in [1.54, 1.807) is 18.2 Å². The summed E-state index contributed by atoms with van der Waals surface area (Å²) in [7, 11) is 0. The highest BCUT2D eigenvalue weighted by atomic mass is 35.5. The molecule has 1 aliphatic rings. The lowest BCUT2D eigenvalue weighted by Gasteiger charge is -2.10. The first-order valence-corrected chi connectivity index (χ1v) is 6.41. The molecule has 1 aromatic carbocycles. The zero-order chi connectivity index (χ0) is 13.8. The molecule has 0 aromatic heterocycles. The van der Waals surface area contributed by atoms with Gasteiger partial charge < -0.3 is 4.74 Å². The topological polar surface area (TPSA) is 67.4 Å². The summed E-state index contributed by atoms with van der Waals surface area (Å²) in [5, 5.41) is 0.617. The fraction of sp³-hybridized carbons (Fsp3) is 0.385. The second kappa shape index (κ2) is 5.93. The maximum Gasteiger partial charge on any atom is 0.276 e. The molecule has 1 saturated carbocycles. The van der Waals surface area contributed by atoms with Gasteiger partial charge in [0.15, 0.2) is 6.61 Å². The van der Waals surface area contributed by atoms with Crippen LogP contribution in [0.4, 0.5) is 0 Å². The molecule has 1 fully saturated rings. The number of hydrazine groups is 1. The molecule has 6 heteroatoms. The van der Waals surface area contributed by atoms with Crippen molar-refractivity contribution in [3.63, 3.8) is 0 Å². The van der Waals surface area contributed by atoms with Crippen LogP contribution in [-0.2, 0) is 9.59 Å². The highest BCUT2D eigenvalue weighted by molar-refractivity contribution is 6.30. The second-order valence-electron chi connectivity index (χ2n) is 4.51. The maximum absolute atomic E-state index is 11.5. The highest BCUT2D eigenvalue weighted by Crippen LogP contribution is 2.28. The van der Waals surface area contributed by atoms with Gasteiger partial charge in [-0.25, -0.2) is 0 Å². The predicted octanol–water partition coefficient (Wildman–Crippen LogP) is 1.58. The molecule has 0 saturated heterocycles. The first-order valence-electron chi connectivity index (χ1n) is 6.04. The Morgan fingerprint density at radius 2 is 2.11 bits per heavy atom. The number of halogens is 1. The third-order valence-corrected chi connectivity index (χ3v) is 3.00. The Labute approximate surface area is 116 Å². The van der Waals surface area contributed by atoms with Crippen molar-refractivity contribution in [2.24, 2.45) is 5.92 Å². The van der Waals surface area contributed by atoms with Gasteiger partial charge in [0.1, 0.15) is 5.75 Å². The van der Waals surface area contributed by atoms with Gasteiger partial charge in [-0.2, -0.15) is 0 Å². The summed E-state index contributed by atoms with van der Waals surface area (Å²) in [6.07, 6.45) is 1.78. The SMILES string of the molecule is Cc1cc(Cl)ccc1OCC(=O)NNC(=O)C1CC1.